The lowest BCUT2D eigenvalue weighted by molar-refractivity contribution is -0.134. The Kier molecular flexibility index (Phi) is 7.38. The first-order chi connectivity index (χ1) is 17.0. The zero-order valence-corrected chi connectivity index (χ0v) is 22.3. The summed E-state index contributed by atoms with van der Waals surface area (Å²) in [5, 5.41) is 10.3. The van der Waals surface area contributed by atoms with Gasteiger partial charge in [0.2, 0.25) is 5.91 Å². The average Bonchev–Trinajstić information content (AvgIpc) is 2.83. The highest BCUT2D eigenvalue weighted by atomic mass is 19.1. The number of piperazine rings is 1. The summed E-state index contributed by atoms with van der Waals surface area (Å²) in [5.41, 5.74) is 3.77. The van der Waals surface area contributed by atoms with Gasteiger partial charge in [0, 0.05) is 31.6 Å². The minimum absolute atomic E-state index is 0.0447. The molecule has 36 heavy (non-hydrogen) atoms. The van der Waals surface area contributed by atoms with Crippen molar-refractivity contribution in [3.05, 3.63) is 58.0 Å². The summed E-state index contributed by atoms with van der Waals surface area (Å²) in [4.78, 5) is 22.4. The van der Waals surface area contributed by atoms with Crippen molar-refractivity contribution < 1.29 is 13.9 Å². The number of nitriles is 1. The molecule has 192 valence electrons. The molecule has 1 amide bonds. The van der Waals surface area contributed by atoms with Gasteiger partial charge in [-0.15, -0.1) is 0 Å². The molecule has 0 saturated carbocycles. The van der Waals surface area contributed by atoms with Crippen LogP contribution < -0.4 is 4.90 Å². The fourth-order valence-electron chi connectivity index (χ4n) is 5.39. The summed E-state index contributed by atoms with van der Waals surface area (Å²) in [5.74, 6) is 0.677. The zero-order valence-electron chi connectivity index (χ0n) is 22.3. The summed E-state index contributed by atoms with van der Waals surface area (Å²) in [6.45, 7) is 14.7. The van der Waals surface area contributed by atoms with E-state index >= 15 is 0 Å². The van der Waals surface area contributed by atoms with Gasteiger partial charge in [-0.2, -0.15) is 5.26 Å². The van der Waals surface area contributed by atoms with Crippen molar-refractivity contribution in [2.24, 2.45) is 5.92 Å². The second-order valence-corrected chi connectivity index (χ2v) is 11.3. The molecule has 2 aromatic rings. The molecule has 7 heteroatoms. The number of halogens is 1. The van der Waals surface area contributed by atoms with E-state index in [-0.39, 0.29) is 41.6 Å². The summed E-state index contributed by atoms with van der Waals surface area (Å²) in [7, 11) is 0. The molecule has 1 fully saturated rings. The number of fused-ring (bicyclic) bond motifs is 1. The lowest BCUT2D eigenvalue weighted by Crippen LogP contribution is -2.58. The highest BCUT2D eigenvalue weighted by Gasteiger charge is 2.37. The molecular formula is C29H37FN4O2. The third-order valence-corrected chi connectivity index (χ3v) is 7.40. The topological polar surface area (TPSA) is 69.5 Å². The molecule has 0 aliphatic carbocycles. The largest absolute Gasteiger partial charge is 0.370 e. The lowest BCUT2D eigenvalue weighted by atomic mass is 9.86. The fourth-order valence-corrected chi connectivity index (χ4v) is 5.39. The van der Waals surface area contributed by atoms with E-state index in [9.17, 15) is 14.4 Å². The molecule has 2 aliphatic rings. The summed E-state index contributed by atoms with van der Waals surface area (Å²) >= 11 is 0. The standard InChI is InChI=1S/C29H37FN4O2/c1-18(2)25-16-33(11-12-34(25)26(35)13-20-9-7-8-10-24(20)30)28-22(15-31)21-14-29(5,6)36-17-23(21)27(32-28)19(3)4/h7-10,18-19,25H,11-14,16-17H2,1-6H3. The minimum atomic E-state index is -0.351. The highest BCUT2D eigenvalue weighted by Crippen LogP contribution is 2.38. The molecule has 6 nitrogen and oxygen atoms in total. The number of rotatable bonds is 5. The van der Waals surface area contributed by atoms with Gasteiger partial charge in [-0.05, 0) is 42.9 Å². The van der Waals surface area contributed by atoms with Crippen LogP contribution in [0.3, 0.4) is 0 Å². The first-order valence-electron chi connectivity index (χ1n) is 12.9. The Morgan fingerprint density at radius 1 is 1.22 bits per heavy atom. The quantitative estimate of drug-likeness (QED) is 0.589. The number of benzene rings is 1. The number of carbonyl (C=O) groups is 1. The van der Waals surface area contributed by atoms with Crippen molar-refractivity contribution in [2.75, 3.05) is 24.5 Å². The molecule has 1 aromatic carbocycles. The van der Waals surface area contributed by atoms with E-state index in [1.165, 1.54) is 6.07 Å². The van der Waals surface area contributed by atoms with Gasteiger partial charge in [-0.1, -0.05) is 45.9 Å². The first-order valence-corrected chi connectivity index (χ1v) is 12.9. The number of ether oxygens (including phenoxy) is 1. The van der Waals surface area contributed by atoms with Crippen LogP contribution in [-0.2, 0) is 29.0 Å². The van der Waals surface area contributed by atoms with Crippen molar-refractivity contribution in [2.45, 2.75) is 78.6 Å². The Morgan fingerprint density at radius 3 is 2.58 bits per heavy atom. The van der Waals surface area contributed by atoms with E-state index in [4.69, 9.17) is 9.72 Å². The van der Waals surface area contributed by atoms with Crippen LogP contribution in [0.5, 0.6) is 0 Å². The van der Waals surface area contributed by atoms with E-state index in [0.29, 0.717) is 49.6 Å². The monoisotopic (exact) mass is 492 g/mol. The van der Waals surface area contributed by atoms with Gasteiger partial charge in [0.1, 0.15) is 17.7 Å². The number of hydrogen-bond acceptors (Lipinski definition) is 5. The molecule has 1 saturated heterocycles. The Labute approximate surface area is 214 Å². The second kappa shape index (κ2) is 10.2. The molecule has 0 N–H and O–H groups in total. The Balaban J connectivity index is 1.66. The maximum atomic E-state index is 14.2. The van der Waals surface area contributed by atoms with Crippen molar-refractivity contribution in [3.63, 3.8) is 0 Å². The van der Waals surface area contributed by atoms with Gasteiger partial charge in [-0.25, -0.2) is 9.37 Å². The lowest BCUT2D eigenvalue weighted by Gasteiger charge is -2.45. The molecule has 1 aromatic heterocycles. The predicted molar refractivity (Wildman–Crippen MR) is 138 cm³/mol. The molecule has 0 spiro atoms. The number of pyridine rings is 1. The highest BCUT2D eigenvalue weighted by molar-refractivity contribution is 5.79. The van der Waals surface area contributed by atoms with E-state index in [0.717, 1.165) is 16.8 Å². The number of anilines is 1. The van der Waals surface area contributed by atoms with Gasteiger partial charge in [-0.3, -0.25) is 4.79 Å². The number of carbonyl (C=O) groups excluding carboxylic acids is 1. The van der Waals surface area contributed by atoms with E-state index < -0.39 is 0 Å². The number of aromatic nitrogens is 1. The molecule has 1 unspecified atom stereocenters. The van der Waals surface area contributed by atoms with Crippen LogP contribution in [-0.4, -0.2) is 47.1 Å². The van der Waals surface area contributed by atoms with Gasteiger partial charge in [0.15, 0.2) is 0 Å². The first kappa shape index (κ1) is 26.1. The molecule has 3 heterocycles. The second-order valence-electron chi connectivity index (χ2n) is 11.3. The summed E-state index contributed by atoms with van der Waals surface area (Å²) in [6.07, 6.45) is 0.707. The van der Waals surface area contributed by atoms with Crippen LogP contribution in [0.2, 0.25) is 0 Å². The molecular weight excluding hydrogens is 455 g/mol. The van der Waals surface area contributed by atoms with Crippen LogP contribution >= 0.6 is 0 Å². The normalized spacial score (nSPS) is 19.4. The van der Waals surface area contributed by atoms with E-state index in [2.05, 4.69) is 52.5 Å². The zero-order chi connectivity index (χ0) is 26.2. The van der Waals surface area contributed by atoms with Crippen molar-refractivity contribution >= 4 is 11.7 Å². The Hall–Kier alpha value is -2.98. The third-order valence-electron chi connectivity index (χ3n) is 7.40. The minimum Gasteiger partial charge on any atom is -0.370 e. The molecule has 2 aliphatic heterocycles. The summed E-state index contributed by atoms with van der Waals surface area (Å²) < 4.78 is 20.3. The van der Waals surface area contributed by atoms with Crippen LogP contribution in [0, 0.1) is 23.1 Å². The molecule has 0 radical (unpaired) electrons. The van der Waals surface area contributed by atoms with Crippen LogP contribution in [0.4, 0.5) is 10.2 Å². The maximum absolute atomic E-state index is 14.2. The molecule has 1 atom stereocenters. The van der Waals surface area contributed by atoms with Gasteiger partial charge < -0.3 is 14.5 Å². The van der Waals surface area contributed by atoms with E-state index in [1.807, 2.05) is 4.90 Å². The summed E-state index contributed by atoms with van der Waals surface area (Å²) in [6, 6.07) is 8.85. The maximum Gasteiger partial charge on any atom is 0.227 e. The third kappa shape index (κ3) is 5.10. The molecule has 4 rings (SSSR count). The van der Waals surface area contributed by atoms with Crippen molar-refractivity contribution in [1.82, 2.24) is 9.88 Å². The van der Waals surface area contributed by atoms with Crippen molar-refractivity contribution in [3.8, 4) is 6.07 Å². The van der Waals surface area contributed by atoms with Crippen LogP contribution in [0.25, 0.3) is 0 Å². The van der Waals surface area contributed by atoms with Crippen LogP contribution in [0.1, 0.15) is 75.4 Å². The predicted octanol–water partition coefficient (Wildman–Crippen LogP) is 4.98. The van der Waals surface area contributed by atoms with Gasteiger partial charge >= 0.3 is 0 Å². The van der Waals surface area contributed by atoms with Crippen LogP contribution in [0.15, 0.2) is 24.3 Å². The van der Waals surface area contributed by atoms with Gasteiger partial charge in [0.05, 0.1) is 35.9 Å². The fraction of sp³-hybridized carbons (Fsp3) is 0.552. The number of hydrogen-bond donors (Lipinski definition) is 0. The Morgan fingerprint density at radius 2 is 1.94 bits per heavy atom. The van der Waals surface area contributed by atoms with Gasteiger partial charge in [0.25, 0.3) is 0 Å². The molecule has 0 bridgehead atoms. The van der Waals surface area contributed by atoms with E-state index in [1.54, 1.807) is 18.2 Å². The smallest absolute Gasteiger partial charge is 0.227 e. The SMILES string of the molecule is CC(C)c1nc(N2CCN(C(=O)Cc3ccccc3F)C(C(C)C)C2)c(C#N)c2c1COC(C)(C)C2. The van der Waals surface area contributed by atoms with Crippen molar-refractivity contribution in [1.29, 1.82) is 5.26 Å². The number of amides is 1. The Bertz CT molecular complexity index is 1180. The average molecular weight is 493 g/mol. The number of nitrogens with zero attached hydrogens (tertiary/aromatic N) is 4.